The number of methoxy groups -OCH3 is 3. The van der Waals surface area contributed by atoms with E-state index in [2.05, 4.69) is 10.6 Å². The summed E-state index contributed by atoms with van der Waals surface area (Å²) in [6.45, 7) is 14.1. The molecule has 1 saturated heterocycles. The Hall–Kier alpha value is -3.55. The smallest absolute Gasteiger partial charge is 0.328 e. The van der Waals surface area contributed by atoms with Gasteiger partial charge in [0.15, 0.2) is 0 Å². The number of hydrogen-bond donors (Lipinski definition) is 2. The van der Waals surface area contributed by atoms with Crippen molar-refractivity contribution in [3.63, 3.8) is 0 Å². The van der Waals surface area contributed by atoms with Crippen LogP contribution in [0.4, 0.5) is 0 Å². The summed E-state index contributed by atoms with van der Waals surface area (Å²) in [5.74, 6) is -2.41. The third-order valence-electron chi connectivity index (χ3n) is 11.0. The number of nitrogens with one attached hydrogen (secondary N) is 2. The Bertz CT molecular complexity index is 1350. The van der Waals surface area contributed by atoms with Crippen molar-refractivity contribution < 1.29 is 38.2 Å². The Kier molecular flexibility index (Phi) is 19.1. The van der Waals surface area contributed by atoms with Gasteiger partial charge in [0, 0.05) is 34.2 Å². The van der Waals surface area contributed by atoms with Crippen LogP contribution in [0.1, 0.15) is 79.7 Å². The van der Waals surface area contributed by atoms with E-state index < -0.39 is 48.3 Å². The molecule has 0 aliphatic carbocycles. The van der Waals surface area contributed by atoms with E-state index in [0.29, 0.717) is 13.0 Å². The Balaban J connectivity index is 2.29. The fourth-order valence-corrected chi connectivity index (χ4v) is 7.90. The summed E-state index contributed by atoms with van der Waals surface area (Å²) >= 11 is 0. The van der Waals surface area contributed by atoms with E-state index in [4.69, 9.17) is 14.2 Å². The minimum atomic E-state index is -0.890. The molecule has 2 N–H and O–H groups in total. The lowest BCUT2D eigenvalue weighted by Crippen LogP contribution is -2.59. The number of nitrogens with zero attached hydrogens (tertiary/aromatic N) is 3. The number of ether oxygens (including phenoxy) is 3. The summed E-state index contributed by atoms with van der Waals surface area (Å²) < 4.78 is 16.9. The van der Waals surface area contributed by atoms with Crippen LogP contribution in [0.3, 0.4) is 0 Å². The van der Waals surface area contributed by atoms with E-state index in [1.165, 1.54) is 14.2 Å². The average molecular weight is 760 g/mol. The molecule has 0 aromatic heterocycles. The minimum Gasteiger partial charge on any atom is -0.467 e. The zero-order valence-corrected chi connectivity index (χ0v) is 35.1. The van der Waals surface area contributed by atoms with Gasteiger partial charge in [-0.1, -0.05) is 85.2 Å². The van der Waals surface area contributed by atoms with Crippen molar-refractivity contribution in [3.8, 4) is 0 Å². The van der Waals surface area contributed by atoms with E-state index in [-0.39, 0.29) is 60.3 Å². The lowest BCUT2D eigenvalue weighted by molar-refractivity contribution is -0.149. The van der Waals surface area contributed by atoms with Gasteiger partial charge in [-0.25, -0.2) is 4.79 Å². The molecule has 1 fully saturated rings. The summed E-state index contributed by atoms with van der Waals surface area (Å²) in [5.41, 5.74) is 0.876. The van der Waals surface area contributed by atoms with Crippen LogP contribution in [-0.2, 0) is 44.6 Å². The van der Waals surface area contributed by atoms with E-state index in [9.17, 15) is 24.0 Å². The Morgan fingerprint density at radius 2 is 1.50 bits per heavy atom. The van der Waals surface area contributed by atoms with E-state index in [1.807, 2.05) is 90.9 Å². The van der Waals surface area contributed by atoms with Gasteiger partial charge in [0.25, 0.3) is 0 Å². The minimum absolute atomic E-state index is 0.00683. The van der Waals surface area contributed by atoms with Crippen LogP contribution >= 0.6 is 0 Å². The number of carbonyl (C=O) groups excluding carboxylic acids is 5. The SMILES string of the molecule is CC[C@H](C)[C@@H](C(CC(=O)N1CCC[C@H]1[C@H](OC)[C@@H](C)C(=O)N[C@@H](Cc1ccccc1)C(=O)OC)OC)N(C)C(=O)[C@@H](NC(=O)[C@H](C(C)C)N(C)C)C(C)C. The number of hydrogen-bond acceptors (Lipinski definition) is 9. The first-order valence-electron chi connectivity index (χ1n) is 19.5. The van der Waals surface area contributed by atoms with E-state index in [1.54, 1.807) is 30.9 Å². The first-order valence-corrected chi connectivity index (χ1v) is 19.5. The molecule has 1 aliphatic heterocycles. The van der Waals surface area contributed by atoms with Crippen molar-refractivity contribution in [3.05, 3.63) is 35.9 Å². The number of benzene rings is 1. The average Bonchev–Trinajstić information content (AvgIpc) is 3.62. The van der Waals surface area contributed by atoms with Crippen molar-refractivity contribution in [1.82, 2.24) is 25.3 Å². The third-order valence-corrected chi connectivity index (χ3v) is 11.0. The zero-order valence-electron chi connectivity index (χ0n) is 35.1. The summed E-state index contributed by atoms with van der Waals surface area (Å²) in [5, 5.41) is 5.89. The van der Waals surface area contributed by atoms with Crippen LogP contribution in [0.15, 0.2) is 30.3 Å². The van der Waals surface area contributed by atoms with Crippen molar-refractivity contribution >= 4 is 29.6 Å². The summed E-state index contributed by atoms with van der Waals surface area (Å²) in [4.78, 5) is 73.5. The second-order valence-electron chi connectivity index (χ2n) is 15.7. The highest BCUT2D eigenvalue weighted by atomic mass is 16.5. The van der Waals surface area contributed by atoms with Crippen molar-refractivity contribution in [2.24, 2.45) is 23.7 Å². The summed E-state index contributed by atoms with van der Waals surface area (Å²) in [6, 6.07) is 6.46. The maximum Gasteiger partial charge on any atom is 0.328 e. The maximum absolute atomic E-state index is 14.2. The number of likely N-dealkylation sites (N-methyl/N-ethyl adjacent to an activating group) is 2. The highest BCUT2D eigenvalue weighted by Gasteiger charge is 2.43. The lowest BCUT2D eigenvalue weighted by Gasteiger charge is -2.41. The molecule has 13 heteroatoms. The fourth-order valence-electron chi connectivity index (χ4n) is 7.90. The second kappa shape index (κ2) is 22.1. The Morgan fingerprint density at radius 3 is 2.00 bits per heavy atom. The lowest BCUT2D eigenvalue weighted by atomic mass is 9.89. The van der Waals surface area contributed by atoms with Gasteiger partial charge in [0.05, 0.1) is 49.8 Å². The monoisotopic (exact) mass is 760 g/mol. The van der Waals surface area contributed by atoms with Gasteiger partial charge in [-0.3, -0.25) is 24.1 Å². The van der Waals surface area contributed by atoms with Gasteiger partial charge in [-0.2, -0.15) is 0 Å². The first-order chi connectivity index (χ1) is 25.4. The number of esters is 1. The first kappa shape index (κ1) is 46.6. The molecule has 1 aromatic carbocycles. The molecule has 306 valence electrons. The Labute approximate surface area is 324 Å². The molecule has 0 bridgehead atoms. The van der Waals surface area contributed by atoms with Gasteiger partial charge in [-0.15, -0.1) is 0 Å². The molecule has 1 heterocycles. The molecule has 1 unspecified atom stereocenters. The molecular weight excluding hydrogens is 690 g/mol. The van der Waals surface area contributed by atoms with Crippen LogP contribution in [0.5, 0.6) is 0 Å². The molecule has 0 radical (unpaired) electrons. The molecule has 54 heavy (non-hydrogen) atoms. The summed E-state index contributed by atoms with van der Waals surface area (Å²) in [7, 11) is 9.80. The predicted octanol–water partition coefficient (Wildman–Crippen LogP) is 3.53. The fraction of sp³-hybridized carbons (Fsp3) is 0.732. The van der Waals surface area contributed by atoms with Crippen LogP contribution in [-0.4, -0.2) is 136 Å². The molecule has 4 amide bonds. The maximum atomic E-state index is 14.2. The van der Waals surface area contributed by atoms with Crippen LogP contribution in [0, 0.1) is 23.7 Å². The van der Waals surface area contributed by atoms with Gasteiger partial charge in [0.2, 0.25) is 23.6 Å². The standard InChI is InChI=1S/C41H69N5O8/c1-14-27(6)36(45(10)40(50)34(25(2)3)43-39(49)35(26(4)5)44(8)9)32(52-11)24-33(47)46-22-18-21-31(46)37(53-12)28(7)38(48)42-30(41(51)54-13)23-29-19-16-15-17-20-29/h15-17,19-20,25-28,30-32,34-37H,14,18,21-24H2,1-13H3,(H,42,48)(H,43,49)/t27-,28+,30-,31-,32?,34-,35-,36-,37+/m0/s1. The molecule has 13 nitrogen and oxygen atoms in total. The van der Waals surface area contributed by atoms with Crippen LogP contribution in [0.2, 0.25) is 0 Å². The molecule has 0 saturated carbocycles. The Morgan fingerprint density at radius 1 is 0.870 bits per heavy atom. The van der Waals surface area contributed by atoms with Crippen LogP contribution < -0.4 is 10.6 Å². The van der Waals surface area contributed by atoms with Gasteiger partial charge in [0.1, 0.15) is 12.1 Å². The second-order valence-corrected chi connectivity index (χ2v) is 15.7. The van der Waals surface area contributed by atoms with Gasteiger partial charge < -0.3 is 34.6 Å². The molecular formula is C41H69N5O8. The molecule has 1 aliphatic rings. The van der Waals surface area contributed by atoms with Crippen molar-refractivity contribution in [2.45, 2.75) is 123 Å². The zero-order chi connectivity index (χ0) is 40.9. The normalized spacial score (nSPS) is 19.0. The largest absolute Gasteiger partial charge is 0.467 e. The third kappa shape index (κ3) is 12.2. The topological polar surface area (TPSA) is 147 Å². The molecule has 0 spiro atoms. The molecule has 2 rings (SSSR count). The number of rotatable bonds is 21. The van der Waals surface area contributed by atoms with Crippen molar-refractivity contribution in [2.75, 3.05) is 49.0 Å². The number of likely N-dealkylation sites (tertiary alicyclic amines) is 1. The highest BCUT2D eigenvalue weighted by Crippen LogP contribution is 2.30. The number of carbonyl (C=O) groups is 5. The predicted molar refractivity (Wildman–Crippen MR) is 209 cm³/mol. The van der Waals surface area contributed by atoms with Crippen LogP contribution in [0.25, 0.3) is 0 Å². The summed E-state index contributed by atoms with van der Waals surface area (Å²) in [6.07, 6.45) is 1.08. The quantitative estimate of drug-likeness (QED) is 0.180. The highest BCUT2D eigenvalue weighted by molar-refractivity contribution is 5.90. The molecule has 1 aromatic rings. The van der Waals surface area contributed by atoms with Crippen molar-refractivity contribution in [1.29, 1.82) is 0 Å². The molecule has 9 atom stereocenters. The number of amides is 4. The van der Waals surface area contributed by atoms with Gasteiger partial charge in [-0.05, 0) is 50.3 Å². The van der Waals surface area contributed by atoms with E-state index in [0.717, 1.165) is 18.4 Å². The van der Waals surface area contributed by atoms with Gasteiger partial charge >= 0.3 is 5.97 Å². The van der Waals surface area contributed by atoms with E-state index >= 15 is 0 Å².